The summed E-state index contributed by atoms with van der Waals surface area (Å²) in [6.07, 6.45) is 2.07. The second-order valence-electron chi connectivity index (χ2n) is 6.62. The molecule has 0 fully saturated rings. The Balaban J connectivity index is 2.04. The largest absolute Gasteiger partial charge is 0.385 e. The number of aromatic nitrogens is 2. The Labute approximate surface area is 179 Å². The van der Waals surface area contributed by atoms with Crippen molar-refractivity contribution in [3.63, 3.8) is 0 Å². The smallest absolute Gasteiger partial charge is 0.264 e. The molecule has 0 aliphatic heterocycles. The Morgan fingerprint density at radius 2 is 1.81 bits per heavy atom. The number of amides is 2. The topological polar surface area (TPSA) is 113 Å². The Bertz CT molecular complexity index is 1080. The third-order valence-corrected chi connectivity index (χ3v) is 4.56. The van der Waals surface area contributed by atoms with Crippen molar-refractivity contribution >= 4 is 11.8 Å². The standard InChI is InChI=1S/C22H22N6O3/c1-31-14-8-13-27(20(29)15-24-26-23)22(30)19-16-28(18-11-6-3-7-12-18)25-21(19)17-9-4-2-5-10-17/h2-7,9-12,16H,8,13-15H2,1H3. The number of ether oxygens (including phenoxy) is 1. The zero-order chi connectivity index (χ0) is 22.1. The van der Waals surface area contributed by atoms with Crippen LogP contribution in [-0.4, -0.2) is 53.3 Å². The van der Waals surface area contributed by atoms with Gasteiger partial charge < -0.3 is 4.74 Å². The molecule has 2 aromatic carbocycles. The molecule has 1 heterocycles. The fraction of sp³-hybridized carbons (Fsp3) is 0.227. The molecule has 0 atom stereocenters. The number of hydrogen-bond acceptors (Lipinski definition) is 5. The summed E-state index contributed by atoms with van der Waals surface area (Å²) in [7, 11) is 1.55. The summed E-state index contributed by atoms with van der Waals surface area (Å²) in [6, 6.07) is 18.7. The zero-order valence-electron chi connectivity index (χ0n) is 17.1. The normalized spacial score (nSPS) is 10.4. The van der Waals surface area contributed by atoms with Gasteiger partial charge in [-0.1, -0.05) is 53.6 Å². The lowest BCUT2D eigenvalue weighted by atomic mass is 10.1. The maximum atomic E-state index is 13.5. The number of imide groups is 1. The van der Waals surface area contributed by atoms with Gasteiger partial charge in [-0.05, 0) is 24.1 Å². The number of methoxy groups -OCH3 is 1. The van der Waals surface area contributed by atoms with Crippen molar-refractivity contribution in [1.29, 1.82) is 0 Å². The minimum Gasteiger partial charge on any atom is -0.385 e. The van der Waals surface area contributed by atoms with Crippen LogP contribution in [0, 0.1) is 0 Å². The number of carbonyl (C=O) groups is 2. The molecule has 9 nitrogen and oxygen atoms in total. The second kappa shape index (κ2) is 10.7. The van der Waals surface area contributed by atoms with E-state index in [1.54, 1.807) is 18.0 Å². The zero-order valence-corrected chi connectivity index (χ0v) is 17.1. The molecule has 1 aromatic heterocycles. The van der Waals surface area contributed by atoms with Crippen molar-refractivity contribution in [2.75, 3.05) is 26.8 Å². The van der Waals surface area contributed by atoms with Crippen LogP contribution in [0.2, 0.25) is 0 Å². The van der Waals surface area contributed by atoms with E-state index in [1.807, 2.05) is 60.7 Å². The first-order valence-electron chi connectivity index (χ1n) is 9.70. The fourth-order valence-electron chi connectivity index (χ4n) is 3.08. The van der Waals surface area contributed by atoms with E-state index >= 15 is 0 Å². The number of carbonyl (C=O) groups excluding carboxylic acids is 2. The summed E-state index contributed by atoms with van der Waals surface area (Å²) in [4.78, 5) is 29.8. The van der Waals surface area contributed by atoms with Gasteiger partial charge in [-0.3, -0.25) is 14.5 Å². The van der Waals surface area contributed by atoms with Gasteiger partial charge >= 0.3 is 0 Å². The van der Waals surface area contributed by atoms with Crippen molar-refractivity contribution in [1.82, 2.24) is 14.7 Å². The third-order valence-electron chi connectivity index (χ3n) is 4.56. The average Bonchev–Trinajstić information content (AvgIpc) is 3.27. The summed E-state index contributed by atoms with van der Waals surface area (Å²) < 4.78 is 6.66. The van der Waals surface area contributed by atoms with Crippen molar-refractivity contribution < 1.29 is 14.3 Å². The van der Waals surface area contributed by atoms with E-state index < -0.39 is 18.4 Å². The van der Waals surface area contributed by atoms with E-state index in [0.717, 1.165) is 16.2 Å². The van der Waals surface area contributed by atoms with Crippen LogP contribution in [0.3, 0.4) is 0 Å². The molecule has 0 bridgehead atoms. The molecular weight excluding hydrogens is 396 g/mol. The average molecular weight is 418 g/mol. The Morgan fingerprint density at radius 3 is 2.45 bits per heavy atom. The van der Waals surface area contributed by atoms with Crippen LogP contribution in [0.25, 0.3) is 27.4 Å². The Hall–Kier alpha value is -3.94. The molecule has 31 heavy (non-hydrogen) atoms. The molecule has 0 spiro atoms. The van der Waals surface area contributed by atoms with E-state index in [1.165, 1.54) is 0 Å². The molecule has 158 valence electrons. The molecule has 9 heteroatoms. The molecule has 0 aliphatic carbocycles. The van der Waals surface area contributed by atoms with Gasteiger partial charge in [0.2, 0.25) is 5.91 Å². The van der Waals surface area contributed by atoms with Crippen molar-refractivity contribution in [2.24, 2.45) is 5.11 Å². The fourth-order valence-corrected chi connectivity index (χ4v) is 3.08. The van der Waals surface area contributed by atoms with Gasteiger partial charge in [0.1, 0.15) is 12.2 Å². The van der Waals surface area contributed by atoms with Crippen LogP contribution >= 0.6 is 0 Å². The summed E-state index contributed by atoms with van der Waals surface area (Å²) in [5, 5.41) is 7.94. The first-order valence-corrected chi connectivity index (χ1v) is 9.70. The summed E-state index contributed by atoms with van der Waals surface area (Å²) >= 11 is 0. The van der Waals surface area contributed by atoms with E-state index in [9.17, 15) is 9.59 Å². The Morgan fingerprint density at radius 1 is 1.13 bits per heavy atom. The van der Waals surface area contributed by atoms with Crippen LogP contribution in [0.1, 0.15) is 16.8 Å². The highest BCUT2D eigenvalue weighted by atomic mass is 16.5. The van der Waals surface area contributed by atoms with Crippen LogP contribution < -0.4 is 0 Å². The highest BCUT2D eigenvalue weighted by molar-refractivity contribution is 6.08. The minimum atomic E-state index is -0.578. The van der Waals surface area contributed by atoms with E-state index in [-0.39, 0.29) is 12.1 Å². The molecular formula is C22H22N6O3. The number of nitrogens with zero attached hydrogens (tertiary/aromatic N) is 6. The molecule has 3 aromatic rings. The molecule has 0 saturated heterocycles. The number of rotatable bonds is 9. The summed E-state index contributed by atoms with van der Waals surface area (Å²) in [5.41, 5.74) is 10.8. The number of azide groups is 1. The SMILES string of the molecule is COCCCN(C(=O)CN=[N+]=[N-])C(=O)c1cn(-c2ccccc2)nc1-c1ccccc1. The first kappa shape index (κ1) is 21.8. The van der Waals surface area contributed by atoms with Gasteiger partial charge in [-0.25, -0.2) is 4.68 Å². The van der Waals surface area contributed by atoms with Crippen molar-refractivity contribution in [3.05, 3.63) is 82.9 Å². The maximum absolute atomic E-state index is 13.5. The molecule has 3 rings (SSSR count). The molecule has 0 unspecified atom stereocenters. The predicted octanol–water partition coefficient (Wildman–Crippen LogP) is 3.85. The first-order chi connectivity index (χ1) is 15.2. The number of hydrogen-bond donors (Lipinski definition) is 0. The molecule has 0 radical (unpaired) electrons. The van der Waals surface area contributed by atoms with Crippen molar-refractivity contribution in [2.45, 2.75) is 6.42 Å². The van der Waals surface area contributed by atoms with Gasteiger partial charge in [-0.2, -0.15) is 5.10 Å². The van der Waals surface area contributed by atoms with Crippen LogP contribution in [0.15, 0.2) is 72.0 Å². The van der Waals surface area contributed by atoms with Crippen LogP contribution in [-0.2, 0) is 9.53 Å². The summed E-state index contributed by atoms with van der Waals surface area (Å²) in [6.45, 7) is 0.0767. The minimum absolute atomic E-state index is 0.136. The molecule has 2 amide bonds. The highest BCUT2D eigenvalue weighted by Gasteiger charge is 2.27. The molecule has 0 saturated carbocycles. The second-order valence-corrected chi connectivity index (χ2v) is 6.62. The molecule has 0 N–H and O–H groups in total. The van der Waals surface area contributed by atoms with Gasteiger partial charge in [0.05, 0.1) is 11.3 Å². The van der Waals surface area contributed by atoms with E-state index in [2.05, 4.69) is 15.1 Å². The van der Waals surface area contributed by atoms with Gasteiger partial charge in [0, 0.05) is 36.9 Å². The lowest BCUT2D eigenvalue weighted by Crippen LogP contribution is -2.39. The maximum Gasteiger partial charge on any atom is 0.264 e. The van der Waals surface area contributed by atoms with Crippen molar-refractivity contribution in [3.8, 4) is 16.9 Å². The van der Waals surface area contributed by atoms with Crippen LogP contribution in [0.5, 0.6) is 0 Å². The third kappa shape index (κ3) is 5.36. The van der Waals surface area contributed by atoms with E-state index in [4.69, 9.17) is 10.3 Å². The lowest BCUT2D eigenvalue weighted by molar-refractivity contribution is -0.127. The van der Waals surface area contributed by atoms with E-state index in [0.29, 0.717) is 18.7 Å². The van der Waals surface area contributed by atoms with Gasteiger partial charge in [0.15, 0.2) is 0 Å². The number of para-hydroxylation sites is 1. The van der Waals surface area contributed by atoms with Gasteiger partial charge in [0.25, 0.3) is 5.91 Å². The van der Waals surface area contributed by atoms with Crippen LogP contribution in [0.4, 0.5) is 0 Å². The molecule has 0 aliphatic rings. The quantitative estimate of drug-likeness (QED) is 0.227. The number of benzene rings is 2. The predicted molar refractivity (Wildman–Crippen MR) is 116 cm³/mol. The Kier molecular flexibility index (Phi) is 7.53. The monoisotopic (exact) mass is 418 g/mol. The van der Waals surface area contributed by atoms with Gasteiger partial charge in [-0.15, -0.1) is 0 Å². The lowest BCUT2D eigenvalue weighted by Gasteiger charge is -2.20. The highest BCUT2D eigenvalue weighted by Crippen LogP contribution is 2.25. The summed E-state index contributed by atoms with van der Waals surface area (Å²) in [5.74, 6) is -1.08.